The largest absolute Gasteiger partial charge is 0.383 e. The summed E-state index contributed by atoms with van der Waals surface area (Å²) in [5, 5.41) is 6.62. The maximum Gasteiger partial charge on any atom is 0.191 e. The predicted molar refractivity (Wildman–Crippen MR) is 92.1 cm³/mol. The van der Waals surface area contributed by atoms with Gasteiger partial charge in [-0.05, 0) is 47.3 Å². The van der Waals surface area contributed by atoms with Crippen LogP contribution in [0.2, 0.25) is 0 Å². The number of nitrogens with one attached hydrogen (secondary N) is 2. The maximum atomic E-state index is 5.13. The molecule has 0 rings (SSSR count). The number of hydrogen-bond acceptors (Lipinski definition) is 3. The zero-order valence-corrected chi connectivity index (χ0v) is 14.7. The Morgan fingerprint density at radius 3 is 2.43 bits per heavy atom. The molecule has 0 amide bonds. The first-order chi connectivity index (χ1) is 10.1. The molecule has 126 valence electrons. The van der Waals surface area contributed by atoms with Gasteiger partial charge in [0, 0.05) is 26.2 Å². The molecule has 0 spiro atoms. The van der Waals surface area contributed by atoms with Gasteiger partial charge in [0.1, 0.15) is 0 Å². The fourth-order valence-corrected chi connectivity index (χ4v) is 2.11. The molecule has 1 unspecified atom stereocenters. The molecule has 0 bridgehead atoms. The van der Waals surface area contributed by atoms with Gasteiger partial charge >= 0.3 is 0 Å². The standard InChI is InChI=1S/C16H36N4O/c1-6-17-16(19-15(2)14-21-5)18-12-10-8-7-9-11-13-20(3)4/h15H,6-14H2,1-5H3,(H2,17,18,19). The molecular weight excluding hydrogens is 264 g/mol. The number of unbranched alkanes of at least 4 members (excludes halogenated alkanes) is 4. The lowest BCUT2D eigenvalue weighted by Gasteiger charge is -2.16. The number of aliphatic imine (C=N–C) groups is 1. The van der Waals surface area contributed by atoms with Crippen molar-refractivity contribution in [2.45, 2.75) is 52.0 Å². The smallest absolute Gasteiger partial charge is 0.191 e. The van der Waals surface area contributed by atoms with E-state index in [1.165, 1.54) is 32.2 Å². The minimum absolute atomic E-state index is 0.277. The molecule has 0 saturated heterocycles. The second-order valence-electron chi connectivity index (χ2n) is 5.83. The van der Waals surface area contributed by atoms with Crippen LogP contribution in [0.5, 0.6) is 0 Å². The second-order valence-corrected chi connectivity index (χ2v) is 5.83. The predicted octanol–water partition coefficient (Wildman–Crippen LogP) is 2.09. The Bertz CT molecular complexity index is 257. The number of hydrogen-bond donors (Lipinski definition) is 2. The minimum Gasteiger partial charge on any atom is -0.383 e. The van der Waals surface area contributed by atoms with Crippen molar-refractivity contribution in [3.8, 4) is 0 Å². The van der Waals surface area contributed by atoms with Gasteiger partial charge in [0.05, 0.1) is 6.61 Å². The van der Waals surface area contributed by atoms with Gasteiger partial charge in [0.15, 0.2) is 5.96 Å². The van der Waals surface area contributed by atoms with Gasteiger partial charge in [0.25, 0.3) is 0 Å². The molecular formula is C16H36N4O. The Hall–Kier alpha value is -0.810. The van der Waals surface area contributed by atoms with E-state index in [1.807, 2.05) is 0 Å². The Balaban J connectivity index is 3.73. The highest BCUT2D eigenvalue weighted by atomic mass is 16.5. The Kier molecular flexibility index (Phi) is 13.6. The van der Waals surface area contributed by atoms with Gasteiger partial charge in [-0.25, -0.2) is 0 Å². The first kappa shape index (κ1) is 20.2. The summed E-state index contributed by atoms with van der Waals surface area (Å²) in [6.07, 6.45) is 6.37. The third-order valence-electron chi connectivity index (χ3n) is 3.18. The van der Waals surface area contributed by atoms with E-state index in [9.17, 15) is 0 Å². The molecule has 1 atom stereocenters. The Morgan fingerprint density at radius 1 is 1.14 bits per heavy atom. The van der Waals surface area contributed by atoms with Crippen molar-refractivity contribution in [2.24, 2.45) is 4.99 Å². The van der Waals surface area contributed by atoms with Crippen LogP contribution in [0.4, 0.5) is 0 Å². The van der Waals surface area contributed by atoms with Crippen molar-refractivity contribution in [1.29, 1.82) is 0 Å². The molecule has 0 heterocycles. The van der Waals surface area contributed by atoms with E-state index in [2.05, 4.69) is 48.5 Å². The van der Waals surface area contributed by atoms with E-state index in [0.717, 1.165) is 25.5 Å². The molecule has 0 radical (unpaired) electrons. The van der Waals surface area contributed by atoms with Crippen LogP contribution in [0.1, 0.15) is 46.0 Å². The van der Waals surface area contributed by atoms with Gasteiger partial charge < -0.3 is 20.3 Å². The fraction of sp³-hybridized carbons (Fsp3) is 0.938. The van der Waals surface area contributed by atoms with Crippen molar-refractivity contribution in [2.75, 3.05) is 47.4 Å². The maximum absolute atomic E-state index is 5.13. The first-order valence-electron chi connectivity index (χ1n) is 8.28. The molecule has 0 fully saturated rings. The van der Waals surface area contributed by atoms with Crippen LogP contribution in [-0.4, -0.2) is 64.3 Å². The molecule has 0 aliphatic rings. The SMILES string of the molecule is CCNC(=NCCCCCCCN(C)C)NC(C)COC. The average Bonchev–Trinajstić information content (AvgIpc) is 2.41. The third kappa shape index (κ3) is 13.9. The number of nitrogens with zero attached hydrogens (tertiary/aromatic N) is 2. The van der Waals surface area contributed by atoms with Gasteiger partial charge in [-0.3, -0.25) is 4.99 Å². The molecule has 21 heavy (non-hydrogen) atoms. The normalized spacial score (nSPS) is 13.5. The van der Waals surface area contributed by atoms with E-state index in [-0.39, 0.29) is 6.04 Å². The first-order valence-corrected chi connectivity index (χ1v) is 8.28. The van der Waals surface area contributed by atoms with Gasteiger partial charge in [-0.2, -0.15) is 0 Å². The summed E-state index contributed by atoms with van der Waals surface area (Å²) in [5.41, 5.74) is 0. The quantitative estimate of drug-likeness (QED) is 0.329. The van der Waals surface area contributed by atoms with Crippen LogP contribution in [0.15, 0.2) is 4.99 Å². The summed E-state index contributed by atoms with van der Waals surface area (Å²) < 4.78 is 5.13. The van der Waals surface area contributed by atoms with Crippen LogP contribution in [-0.2, 0) is 4.74 Å². The van der Waals surface area contributed by atoms with Crippen molar-refractivity contribution in [3.63, 3.8) is 0 Å². The Labute approximate surface area is 131 Å². The fourth-order valence-electron chi connectivity index (χ4n) is 2.11. The molecule has 2 N–H and O–H groups in total. The highest BCUT2D eigenvalue weighted by Crippen LogP contribution is 2.03. The van der Waals surface area contributed by atoms with E-state index in [1.54, 1.807) is 7.11 Å². The molecule has 0 saturated carbocycles. The molecule has 5 heteroatoms. The lowest BCUT2D eigenvalue weighted by atomic mass is 10.1. The summed E-state index contributed by atoms with van der Waals surface area (Å²) in [5.74, 6) is 0.898. The molecule has 0 aromatic heterocycles. The molecule has 5 nitrogen and oxygen atoms in total. The second kappa shape index (κ2) is 14.1. The van der Waals surface area contributed by atoms with E-state index in [4.69, 9.17) is 4.74 Å². The summed E-state index contributed by atoms with van der Waals surface area (Å²) in [6, 6.07) is 0.277. The summed E-state index contributed by atoms with van der Waals surface area (Å²) in [4.78, 5) is 6.86. The zero-order valence-electron chi connectivity index (χ0n) is 14.7. The number of rotatable bonds is 12. The number of ether oxygens (including phenoxy) is 1. The molecule has 0 aliphatic carbocycles. The molecule has 0 aromatic carbocycles. The number of guanidine groups is 1. The summed E-state index contributed by atoms with van der Waals surface area (Å²) in [6.45, 7) is 7.85. The summed E-state index contributed by atoms with van der Waals surface area (Å²) in [7, 11) is 5.99. The van der Waals surface area contributed by atoms with E-state index in [0.29, 0.717) is 6.61 Å². The third-order valence-corrected chi connectivity index (χ3v) is 3.18. The van der Waals surface area contributed by atoms with Crippen LogP contribution in [0.25, 0.3) is 0 Å². The van der Waals surface area contributed by atoms with Crippen LogP contribution in [0.3, 0.4) is 0 Å². The number of methoxy groups -OCH3 is 1. The van der Waals surface area contributed by atoms with Crippen LogP contribution in [0, 0.1) is 0 Å². The highest BCUT2D eigenvalue weighted by molar-refractivity contribution is 5.80. The van der Waals surface area contributed by atoms with Crippen molar-refractivity contribution in [3.05, 3.63) is 0 Å². The highest BCUT2D eigenvalue weighted by Gasteiger charge is 2.03. The van der Waals surface area contributed by atoms with E-state index >= 15 is 0 Å². The lowest BCUT2D eigenvalue weighted by molar-refractivity contribution is 0.179. The topological polar surface area (TPSA) is 48.9 Å². The monoisotopic (exact) mass is 300 g/mol. The van der Waals surface area contributed by atoms with Gasteiger partial charge in [0.2, 0.25) is 0 Å². The average molecular weight is 300 g/mol. The van der Waals surface area contributed by atoms with E-state index < -0.39 is 0 Å². The molecule has 0 aliphatic heterocycles. The van der Waals surface area contributed by atoms with Crippen molar-refractivity contribution in [1.82, 2.24) is 15.5 Å². The Morgan fingerprint density at radius 2 is 1.81 bits per heavy atom. The van der Waals surface area contributed by atoms with Gasteiger partial charge in [-0.1, -0.05) is 19.3 Å². The van der Waals surface area contributed by atoms with Crippen LogP contribution < -0.4 is 10.6 Å². The molecule has 0 aromatic rings. The minimum atomic E-state index is 0.277. The lowest BCUT2D eigenvalue weighted by Crippen LogP contribution is -2.44. The van der Waals surface area contributed by atoms with Crippen molar-refractivity contribution < 1.29 is 4.74 Å². The zero-order chi connectivity index (χ0) is 15.9. The van der Waals surface area contributed by atoms with Gasteiger partial charge in [-0.15, -0.1) is 0 Å². The van der Waals surface area contributed by atoms with Crippen molar-refractivity contribution >= 4 is 5.96 Å². The summed E-state index contributed by atoms with van der Waals surface area (Å²) >= 11 is 0. The van der Waals surface area contributed by atoms with Crippen LogP contribution >= 0.6 is 0 Å².